The first-order valence-electron chi connectivity index (χ1n) is 5.62. The van der Waals surface area contributed by atoms with Gasteiger partial charge in [-0.1, -0.05) is 29.3 Å². The Hall–Kier alpha value is -0.0400. The second kappa shape index (κ2) is 7.11. The molecule has 0 amide bonds. The van der Waals surface area contributed by atoms with Gasteiger partial charge in [0.25, 0.3) is 0 Å². The summed E-state index contributed by atoms with van der Waals surface area (Å²) in [6.45, 7) is 2.33. The molecule has 1 fully saturated rings. The van der Waals surface area contributed by atoms with E-state index in [-0.39, 0.29) is 18.2 Å². The maximum atomic E-state index is 12.2. The van der Waals surface area contributed by atoms with Crippen molar-refractivity contribution in [2.24, 2.45) is 0 Å². The zero-order valence-corrected chi connectivity index (χ0v) is 13.2. The second-order valence-electron chi connectivity index (χ2n) is 4.11. The van der Waals surface area contributed by atoms with Crippen molar-refractivity contribution in [3.8, 4) is 0 Å². The van der Waals surface area contributed by atoms with Gasteiger partial charge in [0.1, 0.15) is 0 Å². The van der Waals surface area contributed by atoms with Crippen LogP contribution in [0.15, 0.2) is 18.2 Å². The molecule has 8 heteroatoms. The summed E-state index contributed by atoms with van der Waals surface area (Å²) in [6, 6.07) is 5.00. The predicted octanol–water partition coefficient (Wildman–Crippen LogP) is 2.15. The molecular weight excluding hydrogens is 331 g/mol. The van der Waals surface area contributed by atoms with Crippen LogP contribution in [-0.4, -0.2) is 38.9 Å². The van der Waals surface area contributed by atoms with Crippen LogP contribution in [0.25, 0.3) is 0 Å². The Morgan fingerprint density at radius 2 is 1.68 bits per heavy atom. The average molecular weight is 346 g/mol. The average Bonchev–Trinajstić information content (AvgIpc) is 2.35. The van der Waals surface area contributed by atoms with Gasteiger partial charge >= 0.3 is 0 Å². The first-order valence-corrected chi connectivity index (χ1v) is 7.98. The number of nitrogens with zero attached hydrogens (tertiary/aromatic N) is 1. The van der Waals surface area contributed by atoms with Gasteiger partial charge in [0, 0.05) is 41.8 Å². The lowest BCUT2D eigenvalue weighted by molar-refractivity contribution is 0.360. The molecule has 0 radical (unpaired) electrons. The number of benzene rings is 1. The minimum atomic E-state index is -3.36. The summed E-state index contributed by atoms with van der Waals surface area (Å²) in [5.74, 6) is -0.147. The monoisotopic (exact) mass is 344 g/mol. The van der Waals surface area contributed by atoms with E-state index >= 15 is 0 Å². The largest absolute Gasteiger partial charge is 0.314 e. The fourth-order valence-corrected chi connectivity index (χ4v) is 4.15. The molecule has 1 N–H and O–H groups in total. The van der Waals surface area contributed by atoms with Gasteiger partial charge in [-0.05, 0) is 12.1 Å². The molecule has 1 aliphatic rings. The Labute approximate surface area is 129 Å². The summed E-state index contributed by atoms with van der Waals surface area (Å²) in [5, 5.41) is 3.90. The highest BCUT2D eigenvalue weighted by molar-refractivity contribution is 7.88. The van der Waals surface area contributed by atoms with Crippen LogP contribution >= 0.6 is 35.6 Å². The molecule has 2 rings (SSSR count). The highest BCUT2D eigenvalue weighted by Crippen LogP contribution is 2.27. The Balaban J connectivity index is 0.00000180. The highest BCUT2D eigenvalue weighted by Gasteiger charge is 2.25. The minimum Gasteiger partial charge on any atom is -0.314 e. The van der Waals surface area contributed by atoms with E-state index in [9.17, 15) is 8.42 Å². The molecule has 1 heterocycles. The second-order valence-corrected chi connectivity index (χ2v) is 6.89. The van der Waals surface area contributed by atoms with Crippen LogP contribution < -0.4 is 5.32 Å². The van der Waals surface area contributed by atoms with E-state index in [1.165, 1.54) is 4.31 Å². The van der Waals surface area contributed by atoms with E-state index in [1.807, 2.05) is 0 Å². The fourth-order valence-electron chi connectivity index (χ4n) is 1.87. The maximum Gasteiger partial charge on any atom is 0.218 e. The first kappa shape index (κ1) is 17.0. The van der Waals surface area contributed by atoms with Crippen molar-refractivity contribution in [3.05, 3.63) is 33.8 Å². The fraction of sp³-hybridized carbons (Fsp3) is 0.455. The van der Waals surface area contributed by atoms with Gasteiger partial charge in [0.05, 0.1) is 5.75 Å². The summed E-state index contributed by atoms with van der Waals surface area (Å²) in [7, 11) is -3.36. The molecule has 0 saturated carbocycles. The van der Waals surface area contributed by atoms with Gasteiger partial charge in [-0.15, -0.1) is 12.4 Å². The number of hydrogen-bond donors (Lipinski definition) is 1. The van der Waals surface area contributed by atoms with E-state index in [0.29, 0.717) is 41.8 Å². The van der Waals surface area contributed by atoms with E-state index < -0.39 is 10.0 Å². The van der Waals surface area contributed by atoms with Gasteiger partial charge in [0.2, 0.25) is 10.0 Å². The standard InChI is InChI=1S/C11H14Cl2N2O2S.ClH/c12-10-2-1-3-11(13)9(10)8-18(16,17)15-6-4-14-5-7-15;/h1-3,14H,4-8H2;1H. The number of rotatable bonds is 3. The zero-order chi connectivity index (χ0) is 13.2. The summed E-state index contributed by atoms with van der Waals surface area (Å²) in [5.41, 5.74) is 0.472. The van der Waals surface area contributed by atoms with Crippen molar-refractivity contribution in [2.45, 2.75) is 5.75 Å². The van der Waals surface area contributed by atoms with Gasteiger partial charge in [-0.3, -0.25) is 0 Å². The Morgan fingerprint density at radius 1 is 1.16 bits per heavy atom. The van der Waals surface area contributed by atoms with Crippen LogP contribution in [0.4, 0.5) is 0 Å². The van der Waals surface area contributed by atoms with Gasteiger partial charge in [0.15, 0.2) is 0 Å². The van der Waals surface area contributed by atoms with Crippen molar-refractivity contribution < 1.29 is 8.42 Å². The van der Waals surface area contributed by atoms with Gasteiger partial charge < -0.3 is 5.32 Å². The van der Waals surface area contributed by atoms with Crippen LogP contribution in [0.2, 0.25) is 10.0 Å². The lowest BCUT2D eigenvalue weighted by Gasteiger charge is -2.26. The molecule has 1 aliphatic heterocycles. The lowest BCUT2D eigenvalue weighted by Crippen LogP contribution is -2.46. The molecule has 0 aliphatic carbocycles. The number of sulfonamides is 1. The van der Waals surface area contributed by atoms with Gasteiger partial charge in [-0.2, -0.15) is 4.31 Å². The molecule has 1 aromatic carbocycles. The molecule has 108 valence electrons. The van der Waals surface area contributed by atoms with Crippen molar-refractivity contribution >= 4 is 45.6 Å². The third-order valence-corrected chi connectivity index (χ3v) is 5.37. The van der Waals surface area contributed by atoms with Crippen LogP contribution in [0.3, 0.4) is 0 Å². The van der Waals surface area contributed by atoms with Crippen molar-refractivity contribution in [1.29, 1.82) is 0 Å². The van der Waals surface area contributed by atoms with E-state index in [1.54, 1.807) is 18.2 Å². The van der Waals surface area contributed by atoms with Crippen molar-refractivity contribution in [1.82, 2.24) is 9.62 Å². The summed E-state index contributed by atoms with van der Waals surface area (Å²) in [4.78, 5) is 0. The van der Waals surface area contributed by atoms with E-state index in [2.05, 4.69) is 5.32 Å². The number of nitrogens with one attached hydrogen (secondary N) is 1. The third kappa shape index (κ3) is 4.21. The summed E-state index contributed by atoms with van der Waals surface area (Å²) >= 11 is 12.0. The quantitative estimate of drug-likeness (QED) is 0.913. The van der Waals surface area contributed by atoms with Gasteiger partial charge in [-0.25, -0.2) is 8.42 Å². The lowest BCUT2D eigenvalue weighted by atomic mass is 10.2. The molecule has 0 bridgehead atoms. The van der Waals surface area contributed by atoms with E-state index in [4.69, 9.17) is 23.2 Å². The van der Waals surface area contributed by atoms with Crippen LogP contribution in [-0.2, 0) is 15.8 Å². The molecule has 1 aromatic rings. The number of halogens is 3. The van der Waals surface area contributed by atoms with E-state index in [0.717, 1.165) is 0 Å². The molecule has 1 saturated heterocycles. The van der Waals surface area contributed by atoms with Crippen LogP contribution in [0.1, 0.15) is 5.56 Å². The van der Waals surface area contributed by atoms with Crippen LogP contribution in [0, 0.1) is 0 Å². The first-order chi connectivity index (χ1) is 8.50. The molecule has 0 spiro atoms. The Kier molecular flexibility index (Phi) is 6.36. The number of hydrogen-bond acceptors (Lipinski definition) is 3. The SMILES string of the molecule is Cl.O=S(=O)(Cc1c(Cl)cccc1Cl)N1CCNCC1. The maximum absolute atomic E-state index is 12.2. The molecule has 0 atom stereocenters. The smallest absolute Gasteiger partial charge is 0.218 e. The number of piperazine rings is 1. The molecule has 0 unspecified atom stereocenters. The topological polar surface area (TPSA) is 49.4 Å². The predicted molar refractivity (Wildman–Crippen MR) is 80.8 cm³/mol. The normalized spacial score (nSPS) is 16.9. The van der Waals surface area contributed by atoms with Crippen molar-refractivity contribution in [2.75, 3.05) is 26.2 Å². The Bertz CT molecular complexity index is 510. The third-order valence-electron chi connectivity index (χ3n) is 2.86. The summed E-state index contributed by atoms with van der Waals surface area (Å²) in [6.07, 6.45) is 0. The minimum absolute atomic E-state index is 0. The highest BCUT2D eigenvalue weighted by atomic mass is 35.5. The molecule has 4 nitrogen and oxygen atoms in total. The zero-order valence-electron chi connectivity index (χ0n) is 10.1. The molecule has 0 aromatic heterocycles. The summed E-state index contributed by atoms with van der Waals surface area (Å²) < 4.78 is 26.0. The Morgan fingerprint density at radius 3 is 2.21 bits per heavy atom. The van der Waals surface area contributed by atoms with Crippen molar-refractivity contribution in [3.63, 3.8) is 0 Å². The molecular formula is C11H15Cl3N2O2S. The molecule has 19 heavy (non-hydrogen) atoms. The van der Waals surface area contributed by atoms with Crippen LogP contribution in [0.5, 0.6) is 0 Å².